The van der Waals surface area contributed by atoms with E-state index in [1.165, 1.54) is 4.67 Å². The fourth-order valence-corrected chi connectivity index (χ4v) is 2.12. The van der Waals surface area contributed by atoms with Crippen LogP contribution in [0.4, 0.5) is 0 Å². The summed E-state index contributed by atoms with van der Waals surface area (Å²) in [4.78, 5) is 17.6. The predicted octanol–water partition coefficient (Wildman–Crippen LogP) is 0.955. The van der Waals surface area contributed by atoms with E-state index in [-0.39, 0.29) is 0 Å². The van der Waals surface area contributed by atoms with E-state index in [9.17, 15) is 4.57 Å². The third-order valence-electron chi connectivity index (χ3n) is 1.95. The molecule has 66 valence electrons. The smallest absolute Gasteiger partial charge is 0.312 e. The first-order chi connectivity index (χ1) is 5.11. The largest absolute Gasteiger partial charge is 0.402 e. The van der Waals surface area contributed by atoms with Gasteiger partial charge in [-0.3, -0.25) is 0 Å². The van der Waals surface area contributed by atoms with Crippen LogP contribution in [0.1, 0.15) is 25.7 Å². The highest BCUT2D eigenvalue weighted by atomic mass is 31.2. The number of hydrogen-bond acceptors (Lipinski definition) is 1. The zero-order chi connectivity index (χ0) is 8.32. The molecule has 1 aliphatic heterocycles. The molecule has 0 spiro atoms. The lowest BCUT2D eigenvalue weighted by atomic mass is 10.2. The van der Waals surface area contributed by atoms with Crippen molar-refractivity contribution in [1.82, 2.24) is 4.67 Å². The topological polar surface area (TPSA) is 60.8 Å². The summed E-state index contributed by atoms with van der Waals surface area (Å²) in [5, 5.41) is 0. The Kier molecular flexibility index (Phi) is 3.07. The summed E-state index contributed by atoms with van der Waals surface area (Å²) in [6.07, 6.45) is 4.00. The molecule has 0 saturated carbocycles. The molecule has 0 aliphatic carbocycles. The Bertz CT molecular complexity index is 159. The van der Waals surface area contributed by atoms with Crippen molar-refractivity contribution in [3.8, 4) is 0 Å². The van der Waals surface area contributed by atoms with Gasteiger partial charge in [-0.1, -0.05) is 12.8 Å². The van der Waals surface area contributed by atoms with Gasteiger partial charge in [0, 0.05) is 13.1 Å². The molecule has 0 bridgehead atoms. The first-order valence-electron chi connectivity index (χ1n) is 3.92. The van der Waals surface area contributed by atoms with Gasteiger partial charge in [-0.2, -0.15) is 0 Å². The zero-order valence-corrected chi connectivity index (χ0v) is 7.33. The van der Waals surface area contributed by atoms with Crippen LogP contribution in [0.3, 0.4) is 0 Å². The zero-order valence-electron chi connectivity index (χ0n) is 6.44. The van der Waals surface area contributed by atoms with Crippen LogP contribution >= 0.6 is 7.75 Å². The molecule has 1 saturated heterocycles. The van der Waals surface area contributed by atoms with Gasteiger partial charge in [0.15, 0.2) is 0 Å². The van der Waals surface area contributed by atoms with E-state index >= 15 is 0 Å². The quantitative estimate of drug-likeness (QED) is 0.588. The SMILES string of the molecule is O=P(O)(O)N1CCCCCC1. The van der Waals surface area contributed by atoms with E-state index in [1.807, 2.05) is 0 Å². The summed E-state index contributed by atoms with van der Waals surface area (Å²) in [7, 11) is -3.94. The molecule has 1 rings (SSSR count). The van der Waals surface area contributed by atoms with Crippen LogP contribution in [0.2, 0.25) is 0 Å². The highest BCUT2D eigenvalue weighted by Crippen LogP contribution is 2.40. The van der Waals surface area contributed by atoms with Gasteiger partial charge in [0.1, 0.15) is 0 Å². The Hall–Kier alpha value is 0.110. The Balaban J connectivity index is 2.49. The van der Waals surface area contributed by atoms with Crippen LogP contribution in [-0.2, 0) is 4.57 Å². The maximum Gasteiger partial charge on any atom is 0.402 e. The Morgan fingerprint density at radius 1 is 1.00 bits per heavy atom. The van der Waals surface area contributed by atoms with E-state index < -0.39 is 7.75 Å². The van der Waals surface area contributed by atoms with E-state index in [0.29, 0.717) is 13.1 Å². The van der Waals surface area contributed by atoms with Crippen molar-refractivity contribution < 1.29 is 14.4 Å². The van der Waals surface area contributed by atoms with Gasteiger partial charge >= 0.3 is 7.75 Å². The van der Waals surface area contributed by atoms with Crippen molar-refractivity contribution in [1.29, 1.82) is 0 Å². The summed E-state index contributed by atoms with van der Waals surface area (Å²) >= 11 is 0. The summed E-state index contributed by atoms with van der Waals surface area (Å²) < 4.78 is 12.0. The first-order valence-corrected chi connectivity index (χ1v) is 5.48. The molecule has 0 unspecified atom stereocenters. The van der Waals surface area contributed by atoms with E-state index in [2.05, 4.69) is 0 Å². The molecule has 0 amide bonds. The van der Waals surface area contributed by atoms with Crippen LogP contribution in [0, 0.1) is 0 Å². The molecule has 1 aliphatic rings. The summed E-state index contributed by atoms with van der Waals surface area (Å²) in [6, 6.07) is 0. The lowest BCUT2D eigenvalue weighted by molar-refractivity contribution is 0.273. The van der Waals surface area contributed by atoms with Crippen LogP contribution in [0.15, 0.2) is 0 Å². The molecule has 5 heteroatoms. The highest BCUT2D eigenvalue weighted by Gasteiger charge is 2.25. The lowest BCUT2D eigenvalue weighted by Crippen LogP contribution is -2.20. The minimum Gasteiger partial charge on any atom is -0.312 e. The Morgan fingerprint density at radius 3 is 1.82 bits per heavy atom. The van der Waals surface area contributed by atoms with Crippen molar-refractivity contribution in [3.05, 3.63) is 0 Å². The van der Waals surface area contributed by atoms with Gasteiger partial charge in [-0.05, 0) is 12.8 Å². The van der Waals surface area contributed by atoms with Crippen molar-refractivity contribution in [2.75, 3.05) is 13.1 Å². The van der Waals surface area contributed by atoms with Crippen LogP contribution < -0.4 is 0 Å². The molecule has 0 atom stereocenters. The first kappa shape index (κ1) is 9.20. The molecular weight excluding hydrogens is 165 g/mol. The van der Waals surface area contributed by atoms with Crippen LogP contribution in [-0.4, -0.2) is 27.5 Å². The summed E-state index contributed by atoms with van der Waals surface area (Å²) in [5.74, 6) is 0. The average Bonchev–Trinajstić information content (AvgIpc) is 2.10. The van der Waals surface area contributed by atoms with E-state index in [4.69, 9.17) is 9.79 Å². The molecule has 4 nitrogen and oxygen atoms in total. The molecule has 0 aromatic heterocycles. The van der Waals surface area contributed by atoms with Gasteiger partial charge in [-0.25, -0.2) is 9.24 Å². The van der Waals surface area contributed by atoms with Gasteiger partial charge in [-0.15, -0.1) is 0 Å². The Labute approximate surface area is 66.4 Å². The van der Waals surface area contributed by atoms with Crippen molar-refractivity contribution in [2.24, 2.45) is 0 Å². The standard InChI is InChI=1S/C6H14NO3P/c8-11(9,10)7-5-3-1-2-4-6-7/h1-6H2,(H2,8,9,10). The van der Waals surface area contributed by atoms with Crippen molar-refractivity contribution in [2.45, 2.75) is 25.7 Å². The predicted molar refractivity (Wildman–Crippen MR) is 42.1 cm³/mol. The van der Waals surface area contributed by atoms with Crippen LogP contribution in [0.5, 0.6) is 0 Å². The average molecular weight is 179 g/mol. The lowest BCUT2D eigenvalue weighted by Gasteiger charge is -2.19. The maximum atomic E-state index is 10.8. The number of hydrogen-bond donors (Lipinski definition) is 2. The van der Waals surface area contributed by atoms with Crippen molar-refractivity contribution >= 4 is 7.75 Å². The van der Waals surface area contributed by atoms with Gasteiger partial charge < -0.3 is 9.79 Å². The second-order valence-corrected chi connectivity index (χ2v) is 4.47. The molecule has 1 heterocycles. The minimum absolute atomic E-state index is 0.546. The number of nitrogens with zero attached hydrogens (tertiary/aromatic N) is 1. The fourth-order valence-electron chi connectivity index (χ4n) is 1.31. The molecule has 0 aromatic rings. The molecule has 0 radical (unpaired) electrons. The van der Waals surface area contributed by atoms with E-state index in [0.717, 1.165) is 25.7 Å². The van der Waals surface area contributed by atoms with Crippen LogP contribution in [0.25, 0.3) is 0 Å². The summed E-state index contributed by atoms with van der Waals surface area (Å²) in [5.41, 5.74) is 0. The normalized spacial score (nSPS) is 23.1. The van der Waals surface area contributed by atoms with E-state index in [1.54, 1.807) is 0 Å². The molecule has 0 aromatic carbocycles. The molecule has 2 N–H and O–H groups in total. The maximum absolute atomic E-state index is 10.8. The second-order valence-electron chi connectivity index (χ2n) is 2.88. The van der Waals surface area contributed by atoms with Gasteiger partial charge in [0.25, 0.3) is 0 Å². The molecular formula is C6H14NO3P. The monoisotopic (exact) mass is 179 g/mol. The highest BCUT2D eigenvalue weighted by molar-refractivity contribution is 7.49. The summed E-state index contributed by atoms with van der Waals surface area (Å²) in [6.45, 7) is 1.09. The van der Waals surface area contributed by atoms with Crippen molar-refractivity contribution in [3.63, 3.8) is 0 Å². The number of rotatable bonds is 1. The Morgan fingerprint density at radius 2 is 1.45 bits per heavy atom. The third-order valence-corrected chi connectivity index (χ3v) is 3.09. The molecule has 1 fully saturated rings. The van der Waals surface area contributed by atoms with Gasteiger partial charge in [0.05, 0.1) is 0 Å². The van der Waals surface area contributed by atoms with Gasteiger partial charge in [0.2, 0.25) is 0 Å². The minimum atomic E-state index is -3.94. The molecule has 11 heavy (non-hydrogen) atoms. The third kappa shape index (κ3) is 2.91. The second kappa shape index (κ2) is 3.68. The fraction of sp³-hybridized carbons (Fsp3) is 1.00.